The van der Waals surface area contributed by atoms with Crippen LogP contribution in [0.2, 0.25) is 5.02 Å². The Kier molecular flexibility index (Phi) is 5.71. The largest absolute Gasteiger partial charge is 0.326 e. The average molecular weight is 320 g/mol. The minimum absolute atomic E-state index is 0.0414. The minimum Gasteiger partial charge on any atom is -0.326 e. The lowest BCUT2D eigenvalue weighted by molar-refractivity contribution is -0.115. The van der Waals surface area contributed by atoms with Gasteiger partial charge in [-0.2, -0.15) is 0 Å². The molecule has 4 heteroatoms. The number of benzene rings is 2. The van der Waals surface area contributed by atoms with Gasteiger partial charge >= 0.3 is 0 Å². The van der Waals surface area contributed by atoms with Gasteiger partial charge in [-0.05, 0) is 61.4 Å². The van der Waals surface area contributed by atoms with Crippen molar-refractivity contribution in [2.45, 2.75) is 25.2 Å². The van der Waals surface area contributed by atoms with Gasteiger partial charge in [-0.25, -0.2) is 0 Å². The first-order chi connectivity index (χ1) is 10.0. The molecule has 0 radical (unpaired) electrons. The molecule has 0 aliphatic rings. The van der Waals surface area contributed by atoms with E-state index in [9.17, 15) is 4.79 Å². The summed E-state index contributed by atoms with van der Waals surface area (Å²) >= 11 is 7.49. The number of carbonyl (C=O) groups is 1. The van der Waals surface area contributed by atoms with Crippen LogP contribution in [0.25, 0.3) is 0 Å². The van der Waals surface area contributed by atoms with Crippen molar-refractivity contribution in [3.8, 4) is 0 Å². The summed E-state index contributed by atoms with van der Waals surface area (Å²) in [5.41, 5.74) is 3.27. The van der Waals surface area contributed by atoms with Crippen molar-refractivity contribution < 1.29 is 4.79 Å². The second-order valence-corrected chi connectivity index (χ2v) is 6.50. The van der Waals surface area contributed by atoms with Crippen molar-refractivity contribution in [1.82, 2.24) is 0 Å². The van der Waals surface area contributed by atoms with E-state index >= 15 is 0 Å². The smallest absolute Gasteiger partial charge is 0.225 e. The zero-order valence-corrected chi connectivity index (χ0v) is 13.7. The van der Waals surface area contributed by atoms with E-state index in [0.717, 1.165) is 21.4 Å². The van der Waals surface area contributed by atoms with Crippen molar-refractivity contribution in [3.05, 3.63) is 58.6 Å². The minimum atomic E-state index is 0.0414. The molecule has 0 bridgehead atoms. The lowest BCUT2D eigenvalue weighted by atomic mass is 10.1. The summed E-state index contributed by atoms with van der Waals surface area (Å²) in [6.45, 7) is 4.10. The van der Waals surface area contributed by atoms with E-state index in [1.165, 1.54) is 11.1 Å². The summed E-state index contributed by atoms with van der Waals surface area (Å²) in [7, 11) is 0. The molecule has 2 rings (SSSR count). The third-order valence-electron chi connectivity index (χ3n) is 3.20. The summed E-state index contributed by atoms with van der Waals surface area (Å²) in [6.07, 6.45) is 0.486. The van der Waals surface area contributed by atoms with Crippen LogP contribution >= 0.6 is 23.4 Å². The highest BCUT2D eigenvalue weighted by molar-refractivity contribution is 7.99. The van der Waals surface area contributed by atoms with Crippen molar-refractivity contribution in [1.29, 1.82) is 0 Å². The third-order valence-corrected chi connectivity index (χ3v) is 4.47. The number of rotatable bonds is 5. The Balaban J connectivity index is 1.79. The van der Waals surface area contributed by atoms with Crippen LogP contribution in [0.1, 0.15) is 17.5 Å². The fourth-order valence-electron chi connectivity index (χ4n) is 1.84. The second kappa shape index (κ2) is 7.53. The van der Waals surface area contributed by atoms with Crippen molar-refractivity contribution in [2.75, 3.05) is 11.1 Å². The topological polar surface area (TPSA) is 29.1 Å². The number of hydrogen-bond donors (Lipinski definition) is 1. The van der Waals surface area contributed by atoms with Crippen LogP contribution in [0, 0.1) is 13.8 Å². The first-order valence-corrected chi connectivity index (χ1v) is 8.16. The molecular formula is C17H18ClNOS. The van der Waals surface area contributed by atoms with Gasteiger partial charge in [-0.3, -0.25) is 4.79 Å². The first kappa shape index (κ1) is 15.9. The lowest BCUT2D eigenvalue weighted by Gasteiger charge is -2.07. The molecule has 0 unspecified atom stereocenters. The molecule has 0 aliphatic carbocycles. The molecule has 0 aliphatic heterocycles. The molecule has 0 heterocycles. The van der Waals surface area contributed by atoms with Crippen LogP contribution in [0.3, 0.4) is 0 Å². The van der Waals surface area contributed by atoms with Crippen LogP contribution in [0.15, 0.2) is 47.4 Å². The van der Waals surface area contributed by atoms with E-state index in [1.54, 1.807) is 11.8 Å². The number of halogens is 1. The Bertz CT molecular complexity index is 625. The van der Waals surface area contributed by atoms with Crippen LogP contribution in [0.4, 0.5) is 5.69 Å². The van der Waals surface area contributed by atoms with Gasteiger partial charge in [0, 0.05) is 27.8 Å². The predicted molar refractivity (Wildman–Crippen MR) is 91.3 cm³/mol. The maximum atomic E-state index is 11.9. The Hall–Kier alpha value is -1.45. The van der Waals surface area contributed by atoms with Gasteiger partial charge < -0.3 is 5.32 Å². The first-order valence-electron chi connectivity index (χ1n) is 6.80. The molecule has 2 nitrogen and oxygen atoms in total. The second-order valence-electron chi connectivity index (χ2n) is 4.90. The van der Waals surface area contributed by atoms with Gasteiger partial charge in [-0.1, -0.05) is 17.7 Å². The van der Waals surface area contributed by atoms with Gasteiger partial charge in [0.1, 0.15) is 0 Å². The SMILES string of the molecule is Cc1ccc(NC(=O)CCSc2ccc(Cl)cc2)cc1C. The Morgan fingerprint density at radius 2 is 1.81 bits per heavy atom. The van der Waals surface area contributed by atoms with Crippen LogP contribution in [0.5, 0.6) is 0 Å². The van der Waals surface area contributed by atoms with Crippen LogP contribution in [-0.2, 0) is 4.79 Å². The summed E-state index contributed by atoms with van der Waals surface area (Å²) in [5, 5.41) is 3.66. The molecule has 0 saturated carbocycles. The Labute approximate surface area is 134 Å². The van der Waals surface area contributed by atoms with E-state index in [1.807, 2.05) is 49.4 Å². The van der Waals surface area contributed by atoms with Gasteiger partial charge in [0.25, 0.3) is 0 Å². The standard InChI is InChI=1S/C17H18ClNOS/c1-12-3-6-15(11-13(12)2)19-17(20)9-10-21-16-7-4-14(18)5-8-16/h3-8,11H,9-10H2,1-2H3,(H,19,20). The molecule has 0 saturated heterocycles. The predicted octanol–water partition coefficient (Wildman–Crippen LogP) is 5.08. The highest BCUT2D eigenvalue weighted by atomic mass is 35.5. The number of carbonyl (C=O) groups excluding carboxylic acids is 1. The molecule has 0 atom stereocenters. The summed E-state index contributed by atoms with van der Waals surface area (Å²) < 4.78 is 0. The van der Waals surface area contributed by atoms with E-state index in [-0.39, 0.29) is 5.91 Å². The number of nitrogens with one attached hydrogen (secondary N) is 1. The number of anilines is 1. The zero-order valence-electron chi connectivity index (χ0n) is 12.2. The average Bonchev–Trinajstić information content (AvgIpc) is 2.45. The molecule has 21 heavy (non-hydrogen) atoms. The Morgan fingerprint density at radius 3 is 2.48 bits per heavy atom. The van der Waals surface area contributed by atoms with Crippen LogP contribution < -0.4 is 5.32 Å². The van der Waals surface area contributed by atoms with Gasteiger partial charge in [0.15, 0.2) is 0 Å². The number of hydrogen-bond acceptors (Lipinski definition) is 2. The quantitative estimate of drug-likeness (QED) is 0.779. The van der Waals surface area contributed by atoms with Gasteiger partial charge in [0.05, 0.1) is 0 Å². The number of amides is 1. The van der Waals surface area contributed by atoms with Gasteiger partial charge in [0.2, 0.25) is 5.91 Å². The molecule has 2 aromatic carbocycles. The normalized spacial score (nSPS) is 10.4. The van der Waals surface area contributed by atoms with E-state index in [4.69, 9.17) is 11.6 Å². The maximum Gasteiger partial charge on any atom is 0.225 e. The fraction of sp³-hybridized carbons (Fsp3) is 0.235. The molecule has 1 amide bonds. The molecule has 0 aromatic heterocycles. The maximum absolute atomic E-state index is 11.9. The molecular weight excluding hydrogens is 302 g/mol. The number of thioether (sulfide) groups is 1. The third kappa shape index (κ3) is 5.10. The highest BCUT2D eigenvalue weighted by Crippen LogP contribution is 2.21. The molecule has 1 N–H and O–H groups in total. The van der Waals surface area contributed by atoms with E-state index in [0.29, 0.717) is 6.42 Å². The van der Waals surface area contributed by atoms with Crippen molar-refractivity contribution in [2.24, 2.45) is 0 Å². The van der Waals surface area contributed by atoms with E-state index in [2.05, 4.69) is 12.2 Å². The summed E-state index contributed by atoms with van der Waals surface area (Å²) in [6, 6.07) is 13.6. The Morgan fingerprint density at radius 1 is 1.10 bits per heavy atom. The van der Waals surface area contributed by atoms with Crippen LogP contribution in [-0.4, -0.2) is 11.7 Å². The molecule has 0 fully saturated rings. The molecule has 110 valence electrons. The highest BCUT2D eigenvalue weighted by Gasteiger charge is 2.04. The van der Waals surface area contributed by atoms with Crippen molar-refractivity contribution >= 4 is 35.0 Å². The van der Waals surface area contributed by atoms with E-state index < -0.39 is 0 Å². The fourth-order valence-corrected chi connectivity index (χ4v) is 2.81. The molecule has 2 aromatic rings. The molecule has 0 spiro atoms. The van der Waals surface area contributed by atoms with Crippen molar-refractivity contribution in [3.63, 3.8) is 0 Å². The summed E-state index contributed by atoms with van der Waals surface area (Å²) in [5.74, 6) is 0.790. The number of aryl methyl sites for hydroxylation is 2. The monoisotopic (exact) mass is 319 g/mol. The summed E-state index contributed by atoms with van der Waals surface area (Å²) in [4.78, 5) is 13.0. The van der Waals surface area contributed by atoms with Gasteiger partial charge in [-0.15, -0.1) is 11.8 Å². The lowest BCUT2D eigenvalue weighted by Crippen LogP contribution is -2.12. The zero-order chi connectivity index (χ0) is 15.2.